The van der Waals surface area contributed by atoms with Gasteiger partial charge in [-0.25, -0.2) is 0 Å². The van der Waals surface area contributed by atoms with Gasteiger partial charge in [0.2, 0.25) is 5.91 Å². The molecule has 0 unspecified atom stereocenters. The van der Waals surface area contributed by atoms with E-state index in [1.54, 1.807) is 11.8 Å². The summed E-state index contributed by atoms with van der Waals surface area (Å²) in [6.07, 6.45) is 2.88. The topological polar surface area (TPSA) is 47.0 Å². The van der Waals surface area contributed by atoms with Gasteiger partial charge in [0, 0.05) is 50.2 Å². The zero-order chi connectivity index (χ0) is 17.8. The smallest absolute Gasteiger partial charge is 0.227 e. The van der Waals surface area contributed by atoms with Crippen LogP contribution in [0.3, 0.4) is 0 Å². The van der Waals surface area contributed by atoms with Crippen molar-refractivity contribution in [3.8, 4) is 0 Å². The summed E-state index contributed by atoms with van der Waals surface area (Å²) in [6.45, 7) is 5.33. The van der Waals surface area contributed by atoms with E-state index in [1.165, 1.54) is 4.90 Å². The van der Waals surface area contributed by atoms with Crippen molar-refractivity contribution in [3.05, 3.63) is 29.8 Å². The minimum absolute atomic E-state index is 0.118. The van der Waals surface area contributed by atoms with Gasteiger partial charge in [-0.15, -0.1) is 11.8 Å². The number of nitrogens with zero attached hydrogens (tertiary/aromatic N) is 3. The SMILES string of the molecule is CSc1ccc(CC(=O)N2CC[C@@H](N3CCN(C)CC3)[C@H](O)C2)cc1. The average molecular weight is 364 g/mol. The molecule has 2 heterocycles. The number of amides is 1. The maximum Gasteiger partial charge on any atom is 0.227 e. The third-order valence-electron chi connectivity index (χ3n) is 5.42. The number of benzene rings is 1. The fourth-order valence-corrected chi connectivity index (χ4v) is 4.16. The maximum atomic E-state index is 12.6. The second-order valence-corrected chi connectivity index (χ2v) is 8.01. The highest BCUT2D eigenvalue weighted by atomic mass is 32.2. The molecule has 6 heteroatoms. The van der Waals surface area contributed by atoms with Gasteiger partial charge in [-0.05, 0) is 37.4 Å². The van der Waals surface area contributed by atoms with Crippen LogP contribution in [-0.2, 0) is 11.2 Å². The van der Waals surface area contributed by atoms with Gasteiger partial charge in [0.1, 0.15) is 0 Å². The van der Waals surface area contributed by atoms with E-state index in [2.05, 4.69) is 29.0 Å². The normalized spacial score (nSPS) is 26.0. The molecule has 1 amide bonds. The molecule has 5 nitrogen and oxygen atoms in total. The quantitative estimate of drug-likeness (QED) is 0.814. The van der Waals surface area contributed by atoms with Crippen LogP contribution >= 0.6 is 11.8 Å². The first-order chi connectivity index (χ1) is 12.1. The number of piperidine rings is 1. The summed E-state index contributed by atoms with van der Waals surface area (Å²) >= 11 is 1.70. The molecule has 138 valence electrons. The van der Waals surface area contributed by atoms with Crippen LogP contribution in [0.1, 0.15) is 12.0 Å². The molecule has 0 radical (unpaired) electrons. The van der Waals surface area contributed by atoms with Gasteiger partial charge in [-0.1, -0.05) is 12.1 Å². The molecule has 0 spiro atoms. The zero-order valence-corrected chi connectivity index (χ0v) is 16.0. The molecule has 25 heavy (non-hydrogen) atoms. The number of hydrogen-bond acceptors (Lipinski definition) is 5. The number of aliphatic hydroxyl groups excluding tert-OH is 1. The summed E-state index contributed by atoms with van der Waals surface area (Å²) < 4.78 is 0. The van der Waals surface area contributed by atoms with Crippen molar-refractivity contribution in [1.82, 2.24) is 14.7 Å². The standard InChI is InChI=1S/C19H29N3O2S/c1-20-9-11-21(12-10-20)17-7-8-22(14-18(17)23)19(24)13-15-3-5-16(25-2)6-4-15/h3-6,17-18,23H,7-14H2,1-2H3/t17-,18-/m1/s1. The Bertz CT molecular complexity index is 573. The van der Waals surface area contributed by atoms with Crippen LogP contribution in [-0.4, -0.2) is 90.4 Å². The Hall–Kier alpha value is -1.08. The molecule has 2 aliphatic heterocycles. The minimum atomic E-state index is -0.444. The largest absolute Gasteiger partial charge is 0.390 e. The molecule has 2 atom stereocenters. The Morgan fingerprint density at radius 1 is 1.16 bits per heavy atom. The van der Waals surface area contributed by atoms with E-state index in [4.69, 9.17) is 0 Å². The lowest BCUT2D eigenvalue weighted by Crippen LogP contribution is -2.59. The number of likely N-dealkylation sites (tertiary alicyclic amines) is 1. The van der Waals surface area contributed by atoms with Crippen molar-refractivity contribution in [2.24, 2.45) is 0 Å². The summed E-state index contributed by atoms with van der Waals surface area (Å²) in [7, 11) is 2.14. The second kappa shape index (κ2) is 8.54. The number of thioether (sulfide) groups is 1. The molecule has 1 N–H and O–H groups in total. The first kappa shape index (κ1) is 18.7. The van der Waals surface area contributed by atoms with E-state index in [1.807, 2.05) is 23.3 Å². The Labute approximate surface area is 155 Å². The fourth-order valence-electron chi connectivity index (χ4n) is 3.76. The van der Waals surface area contributed by atoms with E-state index in [-0.39, 0.29) is 11.9 Å². The summed E-state index contributed by atoms with van der Waals surface area (Å²) in [5.74, 6) is 0.118. The van der Waals surface area contributed by atoms with Crippen molar-refractivity contribution < 1.29 is 9.90 Å². The fraction of sp³-hybridized carbons (Fsp3) is 0.632. The minimum Gasteiger partial charge on any atom is -0.390 e. The highest BCUT2D eigenvalue weighted by molar-refractivity contribution is 7.98. The van der Waals surface area contributed by atoms with Gasteiger partial charge in [-0.2, -0.15) is 0 Å². The van der Waals surface area contributed by atoms with Gasteiger partial charge >= 0.3 is 0 Å². The number of hydrogen-bond donors (Lipinski definition) is 1. The molecule has 3 rings (SSSR count). The van der Waals surface area contributed by atoms with Crippen LogP contribution in [0.4, 0.5) is 0 Å². The zero-order valence-electron chi connectivity index (χ0n) is 15.2. The summed E-state index contributed by atoms with van der Waals surface area (Å²) in [5.41, 5.74) is 1.04. The molecule has 0 aromatic heterocycles. The summed E-state index contributed by atoms with van der Waals surface area (Å²) in [6, 6.07) is 8.36. The number of β-amino-alcohol motifs (C(OH)–C–C–N with tert-alkyl or cyclic N) is 1. The van der Waals surface area contributed by atoms with Crippen molar-refractivity contribution in [3.63, 3.8) is 0 Å². The average Bonchev–Trinajstić information content (AvgIpc) is 2.63. The highest BCUT2D eigenvalue weighted by Crippen LogP contribution is 2.20. The number of piperazine rings is 1. The Morgan fingerprint density at radius 2 is 1.84 bits per heavy atom. The third kappa shape index (κ3) is 4.76. The van der Waals surface area contributed by atoms with E-state index in [0.29, 0.717) is 13.0 Å². The molecule has 2 aliphatic rings. The number of aliphatic hydroxyl groups is 1. The predicted octanol–water partition coefficient (Wildman–Crippen LogP) is 1.16. The molecule has 2 saturated heterocycles. The van der Waals surface area contributed by atoms with E-state index in [0.717, 1.165) is 44.7 Å². The van der Waals surface area contributed by atoms with Crippen molar-refractivity contribution >= 4 is 17.7 Å². The Kier molecular flexibility index (Phi) is 6.39. The number of carbonyl (C=O) groups excluding carboxylic acids is 1. The molecule has 0 bridgehead atoms. The second-order valence-electron chi connectivity index (χ2n) is 7.13. The Morgan fingerprint density at radius 3 is 2.44 bits per heavy atom. The van der Waals surface area contributed by atoms with Gasteiger partial charge in [-0.3, -0.25) is 9.69 Å². The van der Waals surface area contributed by atoms with E-state index < -0.39 is 6.10 Å². The predicted molar refractivity (Wildman–Crippen MR) is 102 cm³/mol. The first-order valence-corrected chi connectivity index (χ1v) is 10.3. The van der Waals surface area contributed by atoms with Gasteiger partial charge in [0.15, 0.2) is 0 Å². The maximum absolute atomic E-state index is 12.6. The van der Waals surface area contributed by atoms with E-state index >= 15 is 0 Å². The summed E-state index contributed by atoms with van der Waals surface area (Å²) in [4.78, 5) is 20.3. The van der Waals surface area contributed by atoms with Crippen molar-refractivity contribution in [1.29, 1.82) is 0 Å². The van der Waals surface area contributed by atoms with Crippen molar-refractivity contribution in [2.75, 3.05) is 52.6 Å². The van der Waals surface area contributed by atoms with Gasteiger partial charge < -0.3 is 14.9 Å². The van der Waals surface area contributed by atoms with Gasteiger partial charge in [0.05, 0.1) is 12.5 Å². The molecule has 1 aromatic rings. The van der Waals surface area contributed by atoms with E-state index in [9.17, 15) is 9.90 Å². The molecular weight excluding hydrogens is 334 g/mol. The van der Waals surface area contributed by atoms with Crippen LogP contribution in [0.2, 0.25) is 0 Å². The summed E-state index contributed by atoms with van der Waals surface area (Å²) in [5, 5.41) is 10.6. The monoisotopic (exact) mass is 363 g/mol. The van der Waals surface area contributed by atoms with Crippen LogP contribution < -0.4 is 0 Å². The van der Waals surface area contributed by atoms with Crippen LogP contribution in [0, 0.1) is 0 Å². The molecule has 2 fully saturated rings. The molecular formula is C19H29N3O2S. The lowest BCUT2D eigenvalue weighted by atomic mass is 9.98. The molecule has 1 aromatic carbocycles. The lowest BCUT2D eigenvalue weighted by Gasteiger charge is -2.44. The van der Waals surface area contributed by atoms with Crippen LogP contribution in [0.15, 0.2) is 29.2 Å². The number of carbonyl (C=O) groups is 1. The molecule has 0 saturated carbocycles. The van der Waals surface area contributed by atoms with Crippen LogP contribution in [0.25, 0.3) is 0 Å². The number of likely N-dealkylation sites (N-methyl/N-ethyl adjacent to an activating group) is 1. The van der Waals surface area contributed by atoms with Gasteiger partial charge in [0.25, 0.3) is 0 Å². The first-order valence-electron chi connectivity index (χ1n) is 9.08. The highest BCUT2D eigenvalue weighted by Gasteiger charge is 2.34. The van der Waals surface area contributed by atoms with Crippen LogP contribution in [0.5, 0.6) is 0 Å². The Balaban J connectivity index is 1.52. The lowest BCUT2D eigenvalue weighted by molar-refractivity contribution is -0.135. The number of rotatable bonds is 4. The molecule has 0 aliphatic carbocycles. The van der Waals surface area contributed by atoms with Crippen molar-refractivity contribution in [2.45, 2.75) is 29.9 Å². The third-order valence-corrected chi connectivity index (χ3v) is 6.16.